The van der Waals surface area contributed by atoms with Crippen molar-refractivity contribution < 1.29 is 5.11 Å². The summed E-state index contributed by atoms with van der Waals surface area (Å²) in [7, 11) is 0. The number of aliphatic hydroxyl groups excluding tert-OH is 1. The molecule has 0 aromatic carbocycles. The van der Waals surface area contributed by atoms with Gasteiger partial charge in [0.25, 0.3) is 0 Å². The quantitative estimate of drug-likeness (QED) is 0.863. The van der Waals surface area contributed by atoms with Gasteiger partial charge in [-0.15, -0.1) is 0 Å². The number of aliphatic hydroxyl groups is 1. The summed E-state index contributed by atoms with van der Waals surface area (Å²) in [6.45, 7) is 9.23. The van der Waals surface area contributed by atoms with Gasteiger partial charge in [-0.2, -0.15) is 0 Å². The third-order valence-electron chi connectivity index (χ3n) is 3.38. The Morgan fingerprint density at radius 2 is 2.31 bits per heavy atom. The van der Waals surface area contributed by atoms with E-state index in [0.717, 1.165) is 29.0 Å². The highest BCUT2D eigenvalue weighted by Gasteiger charge is 2.32. The summed E-state index contributed by atoms with van der Waals surface area (Å²) in [4.78, 5) is 7.67. The summed E-state index contributed by atoms with van der Waals surface area (Å²) in [5, 5.41) is 10.1. The van der Waals surface area contributed by atoms with Gasteiger partial charge in [0.05, 0.1) is 11.5 Å². The molecule has 1 saturated heterocycles. The average Bonchev–Trinajstić information content (AvgIpc) is 2.85. The van der Waals surface area contributed by atoms with Crippen molar-refractivity contribution in [3.8, 4) is 0 Å². The molecule has 3 nitrogen and oxygen atoms in total. The number of hydrogen-bond acceptors (Lipinski definition) is 4. The monoisotopic (exact) mass is 240 g/mol. The van der Waals surface area contributed by atoms with Crippen LogP contribution in [0.25, 0.3) is 0 Å². The van der Waals surface area contributed by atoms with Crippen molar-refractivity contribution in [2.24, 2.45) is 11.3 Å². The van der Waals surface area contributed by atoms with E-state index in [-0.39, 0.29) is 6.61 Å². The zero-order chi connectivity index (χ0) is 11.8. The number of aromatic nitrogens is 1. The molecular weight excluding hydrogens is 220 g/mol. The van der Waals surface area contributed by atoms with E-state index in [4.69, 9.17) is 5.11 Å². The van der Waals surface area contributed by atoms with Gasteiger partial charge < -0.3 is 10.0 Å². The van der Waals surface area contributed by atoms with Crippen molar-refractivity contribution in [3.05, 3.63) is 11.1 Å². The fraction of sp³-hybridized carbons (Fsp3) is 0.750. The Hall–Kier alpha value is -0.610. The van der Waals surface area contributed by atoms with Gasteiger partial charge in [0.15, 0.2) is 5.13 Å². The van der Waals surface area contributed by atoms with Gasteiger partial charge >= 0.3 is 0 Å². The molecule has 0 radical (unpaired) electrons. The molecule has 0 bridgehead atoms. The van der Waals surface area contributed by atoms with E-state index in [0.29, 0.717) is 5.41 Å². The summed E-state index contributed by atoms with van der Waals surface area (Å²) >= 11 is 1.61. The lowest BCUT2D eigenvalue weighted by molar-refractivity contribution is 0.263. The molecule has 16 heavy (non-hydrogen) atoms. The summed E-state index contributed by atoms with van der Waals surface area (Å²) in [5.41, 5.74) is 0.381. The maximum absolute atomic E-state index is 9.03. The van der Waals surface area contributed by atoms with E-state index in [2.05, 4.69) is 30.7 Å². The molecular formula is C12H20N2OS. The van der Waals surface area contributed by atoms with Gasteiger partial charge in [0, 0.05) is 19.3 Å². The number of nitrogens with zero attached hydrogens (tertiary/aromatic N) is 2. The van der Waals surface area contributed by atoms with Crippen molar-refractivity contribution >= 4 is 16.5 Å². The van der Waals surface area contributed by atoms with Crippen LogP contribution < -0.4 is 4.90 Å². The van der Waals surface area contributed by atoms with Crippen LogP contribution in [0, 0.1) is 11.3 Å². The first-order valence-corrected chi connectivity index (χ1v) is 6.63. The normalized spacial score (nSPS) is 21.8. The van der Waals surface area contributed by atoms with Crippen LogP contribution >= 0.6 is 11.3 Å². The minimum Gasteiger partial charge on any atom is -0.391 e. The molecule has 1 aromatic heterocycles. The van der Waals surface area contributed by atoms with Crippen molar-refractivity contribution in [1.29, 1.82) is 0 Å². The van der Waals surface area contributed by atoms with Crippen LogP contribution in [0.1, 0.15) is 32.1 Å². The summed E-state index contributed by atoms with van der Waals surface area (Å²) in [6, 6.07) is 0. The lowest BCUT2D eigenvalue weighted by Gasteiger charge is -2.26. The predicted octanol–water partition coefficient (Wildman–Crippen LogP) is 2.51. The Labute approximate surface area is 101 Å². The molecule has 2 rings (SSSR count). The minimum absolute atomic E-state index is 0.105. The highest BCUT2D eigenvalue weighted by molar-refractivity contribution is 7.15. The topological polar surface area (TPSA) is 36.4 Å². The van der Waals surface area contributed by atoms with Gasteiger partial charge in [-0.05, 0) is 17.8 Å². The zero-order valence-electron chi connectivity index (χ0n) is 10.2. The van der Waals surface area contributed by atoms with Gasteiger partial charge in [0.1, 0.15) is 0 Å². The Balaban J connectivity index is 2.03. The maximum atomic E-state index is 9.03. The van der Waals surface area contributed by atoms with E-state index < -0.39 is 0 Å². The fourth-order valence-corrected chi connectivity index (χ4v) is 2.96. The smallest absolute Gasteiger partial charge is 0.185 e. The predicted molar refractivity (Wildman–Crippen MR) is 67.8 cm³/mol. The van der Waals surface area contributed by atoms with Crippen LogP contribution in [0.15, 0.2) is 6.20 Å². The van der Waals surface area contributed by atoms with Crippen LogP contribution in [-0.2, 0) is 6.61 Å². The van der Waals surface area contributed by atoms with Crippen LogP contribution in [0.2, 0.25) is 0 Å². The molecule has 1 aliphatic heterocycles. The second kappa shape index (κ2) is 4.34. The number of rotatable bonds is 2. The Morgan fingerprint density at radius 1 is 1.56 bits per heavy atom. The third-order valence-corrected chi connectivity index (χ3v) is 4.42. The number of thiazole rings is 1. The molecule has 1 unspecified atom stereocenters. The van der Waals surface area contributed by atoms with E-state index in [1.165, 1.54) is 6.42 Å². The van der Waals surface area contributed by atoms with Crippen molar-refractivity contribution in [3.63, 3.8) is 0 Å². The summed E-state index contributed by atoms with van der Waals surface area (Å²) in [5.74, 6) is 0.744. The molecule has 4 heteroatoms. The third kappa shape index (κ3) is 2.38. The Bertz CT molecular complexity index is 356. The highest BCUT2D eigenvalue weighted by Crippen LogP contribution is 2.36. The molecule has 1 N–H and O–H groups in total. The number of anilines is 1. The van der Waals surface area contributed by atoms with Crippen molar-refractivity contribution in [1.82, 2.24) is 4.98 Å². The molecule has 90 valence electrons. The second-order valence-corrected chi connectivity index (χ2v) is 6.66. The van der Waals surface area contributed by atoms with E-state index >= 15 is 0 Å². The first-order chi connectivity index (χ1) is 7.50. The van der Waals surface area contributed by atoms with Gasteiger partial charge in [0.2, 0.25) is 0 Å². The Kier molecular flexibility index (Phi) is 3.22. The van der Waals surface area contributed by atoms with Crippen LogP contribution in [-0.4, -0.2) is 23.2 Å². The lowest BCUT2D eigenvalue weighted by Crippen LogP contribution is -2.25. The summed E-state index contributed by atoms with van der Waals surface area (Å²) in [6.07, 6.45) is 3.03. The molecule has 0 saturated carbocycles. The average molecular weight is 240 g/mol. The van der Waals surface area contributed by atoms with Gasteiger partial charge in [-0.25, -0.2) is 4.98 Å². The molecule has 1 aliphatic rings. The SMILES string of the molecule is CC(C)(C)C1CCN(c2ncc(CO)s2)C1. The lowest BCUT2D eigenvalue weighted by atomic mass is 9.80. The number of hydrogen-bond donors (Lipinski definition) is 1. The van der Waals surface area contributed by atoms with Crippen molar-refractivity contribution in [2.75, 3.05) is 18.0 Å². The fourth-order valence-electron chi connectivity index (χ4n) is 2.16. The van der Waals surface area contributed by atoms with Crippen LogP contribution in [0.3, 0.4) is 0 Å². The molecule has 0 spiro atoms. The van der Waals surface area contributed by atoms with Crippen LogP contribution in [0.4, 0.5) is 5.13 Å². The molecule has 2 heterocycles. The molecule has 1 aromatic rings. The first-order valence-electron chi connectivity index (χ1n) is 5.81. The maximum Gasteiger partial charge on any atom is 0.185 e. The highest BCUT2D eigenvalue weighted by atomic mass is 32.1. The van der Waals surface area contributed by atoms with E-state index in [1.807, 2.05) is 0 Å². The van der Waals surface area contributed by atoms with Crippen LogP contribution in [0.5, 0.6) is 0 Å². The standard InChI is InChI=1S/C12H20N2OS/c1-12(2,3)9-4-5-14(7-9)11-13-6-10(8-15)16-11/h6,9,15H,4-5,7-8H2,1-3H3. The summed E-state index contributed by atoms with van der Waals surface area (Å²) < 4.78 is 0. The van der Waals surface area contributed by atoms with Crippen molar-refractivity contribution in [2.45, 2.75) is 33.8 Å². The van der Waals surface area contributed by atoms with Gasteiger partial charge in [-0.1, -0.05) is 32.1 Å². The first kappa shape index (κ1) is 11.9. The van der Waals surface area contributed by atoms with E-state index in [9.17, 15) is 0 Å². The molecule has 1 atom stereocenters. The Morgan fingerprint density at radius 3 is 2.81 bits per heavy atom. The zero-order valence-corrected chi connectivity index (χ0v) is 11.0. The molecule has 1 fully saturated rings. The van der Waals surface area contributed by atoms with E-state index in [1.54, 1.807) is 17.5 Å². The van der Waals surface area contributed by atoms with Gasteiger partial charge in [-0.3, -0.25) is 0 Å². The molecule has 0 aliphatic carbocycles. The molecule has 0 amide bonds. The largest absolute Gasteiger partial charge is 0.391 e. The minimum atomic E-state index is 0.105. The second-order valence-electron chi connectivity index (χ2n) is 5.56.